The molecule has 1 unspecified atom stereocenters. The average molecular weight is 408 g/mol. The smallest absolute Gasteiger partial charge is 0.237 e. The van der Waals surface area contributed by atoms with Gasteiger partial charge in [-0.2, -0.15) is 0 Å². The van der Waals surface area contributed by atoms with E-state index in [1.165, 1.54) is 11.1 Å². The number of nitrogens with zero attached hydrogens (tertiary/aromatic N) is 2. The average Bonchev–Trinajstić information content (AvgIpc) is 2.76. The minimum atomic E-state index is -0.439. The van der Waals surface area contributed by atoms with Gasteiger partial charge in [-0.05, 0) is 41.7 Å². The van der Waals surface area contributed by atoms with Gasteiger partial charge in [-0.15, -0.1) is 0 Å². The van der Waals surface area contributed by atoms with E-state index in [9.17, 15) is 9.59 Å². The summed E-state index contributed by atoms with van der Waals surface area (Å²) in [5.74, 6) is 0.840. The van der Waals surface area contributed by atoms with Crippen LogP contribution in [0.5, 0.6) is 5.75 Å². The number of amides is 2. The molecule has 0 aromatic heterocycles. The number of aryl methyl sites for hydroxylation is 1. The van der Waals surface area contributed by atoms with Crippen LogP contribution >= 0.6 is 0 Å². The van der Waals surface area contributed by atoms with E-state index in [1.54, 1.807) is 7.11 Å². The summed E-state index contributed by atoms with van der Waals surface area (Å²) >= 11 is 0. The van der Waals surface area contributed by atoms with Crippen molar-refractivity contribution in [2.24, 2.45) is 0 Å². The zero-order chi connectivity index (χ0) is 21.1. The normalized spacial score (nSPS) is 19.2. The van der Waals surface area contributed by atoms with Crippen LogP contribution in [-0.2, 0) is 29.1 Å². The number of ether oxygens (including phenoxy) is 1. The van der Waals surface area contributed by atoms with E-state index in [0.717, 1.165) is 29.8 Å². The lowest BCUT2D eigenvalue weighted by Crippen LogP contribution is -2.56. The predicted octanol–water partition coefficient (Wildman–Crippen LogP) is 2.28. The van der Waals surface area contributed by atoms with Gasteiger partial charge < -0.3 is 15.0 Å². The third-order valence-corrected chi connectivity index (χ3v) is 6.14. The van der Waals surface area contributed by atoms with Gasteiger partial charge >= 0.3 is 0 Å². The highest BCUT2D eigenvalue weighted by Gasteiger charge is 2.33. The number of carbonyl (C=O) groups is 2. The van der Waals surface area contributed by atoms with Crippen LogP contribution in [0, 0.1) is 6.92 Å². The van der Waals surface area contributed by atoms with Crippen molar-refractivity contribution in [2.45, 2.75) is 38.9 Å². The summed E-state index contributed by atoms with van der Waals surface area (Å²) in [6, 6.07) is 13.9. The molecule has 2 aromatic carbocycles. The van der Waals surface area contributed by atoms with E-state index in [4.69, 9.17) is 4.74 Å². The Morgan fingerprint density at radius 3 is 2.73 bits per heavy atom. The second-order valence-corrected chi connectivity index (χ2v) is 8.12. The summed E-state index contributed by atoms with van der Waals surface area (Å²) in [6.07, 6.45) is 1.08. The van der Waals surface area contributed by atoms with Crippen molar-refractivity contribution in [2.75, 3.05) is 26.7 Å². The molecule has 1 fully saturated rings. The largest absolute Gasteiger partial charge is 0.496 e. The Balaban J connectivity index is 1.45. The molecular weight excluding hydrogens is 378 g/mol. The lowest BCUT2D eigenvalue weighted by atomic mass is 9.99. The second-order valence-electron chi connectivity index (χ2n) is 8.12. The maximum Gasteiger partial charge on any atom is 0.237 e. The van der Waals surface area contributed by atoms with Crippen LogP contribution in [0.1, 0.15) is 28.7 Å². The van der Waals surface area contributed by atoms with Crippen molar-refractivity contribution in [3.05, 3.63) is 64.7 Å². The van der Waals surface area contributed by atoms with Crippen molar-refractivity contribution in [1.29, 1.82) is 0 Å². The van der Waals surface area contributed by atoms with Gasteiger partial charge in [0.2, 0.25) is 11.8 Å². The third kappa shape index (κ3) is 4.33. The molecule has 0 aliphatic carbocycles. The molecule has 2 aromatic rings. The third-order valence-electron chi connectivity index (χ3n) is 6.14. The molecule has 2 aliphatic rings. The van der Waals surface area contributed by atoms with Crippen molar-refractivity contribution in [3.8, 4) is 5.75 Å². The van der Waals surface area contributed by atoms with Gasteiger partial charge in [0.05, 0.1) is 19.6 Å². The molecule has 0 saturated carbocycles. The molecule has 2 aliphatic heterocycles. The summed E-state index contributed by atoms with van der Waals surface area (Å²) in [4.78, 5) is 29.7. The highest BCUT2D eigenvalue weighted by atomic mass is 16.5. The molecule has 1 saturated heterocycles. The van der Waals surface area contributed by atoms with Crippen LogP contribution in [-0.4, -0.2) is 54.4 Å². The van der Waals surface area contributed by atoms with E-state index in [1.807, 2.05) is 36.1 Å². The highest BCUT2D eigenvalue weighted by Crippen LogP contribution is 2.23. The Morgan fingerprint density at radius 1 is 1.17 bits per heavy atom. The first-order chi connectivity index (χ1) is 14.5. The van der Waals surface area contributed by atoms with Gasteiger partial charge in [0.25, 0.3) is 0 Å². The predicted molar refractivity (Wildman–Crippen MR) is 115 cm³/mol. The summed E-state index contributed by atoms with van der Waals surface area (Å²) in [6.45, 7) is 5.33. The molecule has 0 spiro atoms. The van der Waals surface area contributed by atoms with Crippen LogP contribution in [0.25, 0.3) is 0 Å². The first-order valence-electron chi connectivity index (χ1n) is 10.5. The van der Waals surface area contributed by atoms with Gasteiger partial charge in [-0.25, -0.2) is 0 Å². The molecule has 6 heteroatoms. The Kier molecular flexibility index (Phi) is 6.04. The first-order valence-corrected chi connectivity index (χ1v) is 10.5. The van der Waals surface area contributed by atoms with Gasteiger partial charge in [0.15, 0.2) is 0 Å². The number of hydrogen-bond donors (Lipinski definition) is 1. The molecule has 4 rings (SSSR count). The number of piperazine rings is 1. The zero-order valence-corrected chi connectivity index (χ0v) is 17.7. The second kappa shape index (κ2) is 8.88. The maximum absolute atomic E-state index is 13.1. The number of methoxy groups -OCH3 is 1. The Bertz CT molecular complexity index is 943. The minimum absolute atomic E-state index is 0.0439. The van der Waals surface area contributed by atoms with Gasteiger partial charge in [-0.3, -0.25) is 14.5 Å². The fourth-order valence-corrected chi connectivity index (χ4v) is 4.45. The first kappa shape index (κ1) is 20.4. The number of hydrogen-bond acceptors (Lipinski definition) is 4. The summed E-state index contributed by atoms with van der Waals surface area (Å²) in [5.41, 5.74) is 4.70. The van der Waals surface area contributed by atoms with Crippen molar-refractivity contribution < 1.29 is 14.3 Å². The van der Waals surface area contributed by atoms with Crippen molar-refractivity contribution in [1.82, 2.24) is 15.1 Å². The van der Waals surface area contributed by atoms with Crippen LogP contribution in [0.2, 0.25) is 0 Å². The Morgan fingerprint density at radius 2 is 1.97 bits per heavy atom. The van der Waals surface area contributed by atoms with Crippen molar-refractivity contribution in [3.63, 3.8) is 0 Å². The SMILES string of the molecule is COc1ccc(CN2CCNC(=O)C2CC(=O)N2CCc3ccccc3C2)cc1C. The zero-order valence-electron chi connectivity index (χ0n) is 17.7. The molecular formula is C24H29N3O3. The summed E-state index contributed by atoms with van der Waals surface area (Å²) in [7, 11) is 1.66. The molecule has 2 heterocycles. The van der Waals surface area contributed by atoms with E-state index < -0.39 is 6.04 Å². The Labute approximate surface area is 177 Å². The fraction of sp³-hybridized carbons (Fsp3) is 0.417. The highest BCUT2D eigenvalue weighted by molar-refractivity contribution is 5.89. The van der Waals surface area contributed by atoms with E-state index in [0.29, 0.717) is 26.2 Å². The topological polar surface area (TPSA) is 61.9 Å². The van der Waals surface area contributed by atoms with E-state index >= 15 is 0 Å². The van der Waals surface area contributed by atoms with Crippen LogP contribution in [0.3, 0.4) is 0 Å². The van der Waals surface area contributed by atoms with Gasteiger partial charge in [0, 0.05) is 32.7 Å². The standard InChI is InChI=1S/C24H29N3O3/c1-17-13-18(7-8-22(17)30-2)15-26-12-10-25-24(29)21(26)14-23(28)27-11-9-19-5-3-4-6-20(19)16-27/h3-8,13,21H,9-12,14-16H2,1-2H3,(H,25,29). The molecule has 30 heavy (non-hydrogen) atoms. The maximum atomic E-state index is 13.1. The number of rotatable bonds is 5. The van der Waals surface area contributed by atoms with Crippen LogP contribution < -0.4 is 10.1 Å². The molecule has 158 valence electrons. The number of fused-ring (bicyclic) bond motifs is 1. The summed E-state index contributed by atoms with van der Waals surface area (Å²) in [5, 5.41) is 2.93. The molecule has 1 atom stereocenters. The molecule has 6 nitrogen and oxygen atoms in total. The molecule has 0 radical (unpaired) electrons. The monoisotopic (exact) mass is 407 g/mol. The van der Waals surface area contributed by atoms with Crippen LogP contribution in [0.4, 0.5) is 0 Å². The Hall–Kier alpha value is -2.86. The van der Waals surface area contributed by atoms with E-state index in [2.05, 4.69) is 28.4 Å². The lowest BCUT2D eigenvalue weighted by molar-refractivity contribution is -0.139. The number of nitrogens with one attached hydrogen (secondary N) is 1. The summed E-state index contributed by atoms with van der Waals surface area (Å²) < 4.78 is 5.35. The quantitative estimate of drug-likeness (QED) is 0.826. The van der Waals surface area contributed by atoms with E-state index in [-0.39, 0.29) is 18.2 Å². The van der Waals surface area contributed by atoms with Crippen LogP contribution in [0.15, 0.2) is 42.5 Å². The molecule has 2 amide bonds. The van der Waals surface area contributed by atoms with Crippen molar-refractivity contribution >= 4 is 11.8 Å². The van der Waals surface area contributed by atoms with Gasteiger partial charge in [-0.1, -0.05) is 36.4 Å². The number of carbonyl (C=O) groups excluding carboxylic acids is 2. The minimum Gasteiger partial charge on any atom is -0.496 e. The molecule has 0 bridgehead atoms. The number of benzene rings is 2. The van der Waals surface area contributed by atoms with Gasteiger partial charge in [0.1, 0.15) is 5.75 Å². The lowest BCUT2D eigenvalue weighted by Gasteiger charge is -2.36. The fourth-order valence-electron chi connectivity index (χ4n) is 4.45. The molecule has 1 N–H and O–H groups in total.